The first-order valence-corrected chi connectivity index (χ1v) is 11.0. The summed E-state index contributed by atoms with van der Waals surface area (Å²) in [7, 11) is 0. The van der Waals surface area contributed by atoms with Crippen molar-refractivity contribution in [3.05, 3.63) is 102 Å². The molecule has 0 bridgehead atoms. The molecule has 4 nitrogen and oxygen atoms in total. The monoisotopic (exact) mass is 421 g/mol. The number of fused-ring (bicyclic) bond motifs is 3. The van der Waals surface area contributed by atoms with Crippen molar-refractivity contribution in [1.82, 2.24) is 4.98 Å². The van der Waals surface area contributed by atoms with E-state index in [-0.39, 0.29) is 6.17 Å². The number of rotatable bonds is 4. The minimum absolute atomic E-state index is 0.0313. The number of furan rings is 1. The molecular formula is C28H27N3O. The van der Waals surface area contributed by atoms with E-state index < -0.39 is 0 Å². The van der Waals surface area contributed by atoms with Crippen LogP contribution in [0.15, 0.2) is 95.2 Å². The van der Waals surface area contributed by atoms with E-state index >= 15 is 0 Å². The molecule has 2 aromatic heterocycles. The normalized spacial score (nSPS) is 16.8. The standard InChI is InChI=1S/C28H27N3O/c1-6-11-25-24(7-2)31(20(5)30(25)21-12-9-8-10-13-21)26-18(3)14-16-22-23-17-15-19(4)29-28(23)32-27(22)26/h6-17,20H,2H2,1,3-5H3/b11-6-/t20-/m0/s1. The van der Waals surface area contributed by atoms with Gasteiger partial charge in [0.25, 0.3) is 0 Å². The molecule has 1 aliphatic heterocycles. The van der Waals surface area contributed by atoms with Crippen molar-refractivity contribution in [2.45, 2.75) is 33.9 Å². The van der Waals surface area contributed by atoms with E-state index in [9.17, 15) is 0 Å². The number of pyridine rings is 1. The van der Waals surface area contributed by atoms with Gasteiger partial charge in [0, 0.05) is 22.2 Å². The van der Waals surface area contributed by atoms with Crippen LogP contribution in [0.2, 0.25) is 0 Å². The van der Waals surface area contributed by atoms with Crippen molar-refractivity contribution in [3.8, 4) is 0 Å². The molecule has 2 aromatic carbocycles. The number of aryl methyl sites for hydroxylation is 2. The van der Waals surface area contributed by atoms with E-state index in [1.165, 1.54) is 0 Å². The van der Waals surface area contributed by atoms with E-state index in [1.807, 2.05) is 32.1 Å². The number of nitrogens with zero attached hydrogens (tertiary/aromatic N) is 3. The number of para-hydroxylation sites is 1. The first-order chi connectivity index (χ1) is 15.5. The van der Waals surface area contributed by atoms with Gasteiger partial charge in [-0.3, -0.25) is 0 Å². The summed E-state index contributed by atoms with van der Waals surface area (Å²) < 4.78 is 6.39. The third kappa shape index (κ3) is 2.94. The van der Waals surface area contributed by atoms with Gasteiger partial charge in [-0.15, -0.1) is 0 Å². The van der Waals surface area contributed by atoms with Gasteiger partial charge in [-0.1, -0.05) is 43.0 Å². The Morgan fingerprint density at radius 2 is 1.69 bits per heavy atom. The lowest BCUT2D eigenvalue weighted by molar-refractivity contribution is 0.646. The largest absolute Gasteiger partial charge is 0.435 e. The Balaban J connectivity index is 1.79. The van der Waals surface area contributed by atoms with Crippen molar-refractivity contribution in [2.75, 3.05) is 9.80 Å². The highest BCUT2D eigenvalue weighted by Crippen LogP contribution is 2.44. The number of hydrogen-bond acceptors (Lipinski definition) is 4. The fourth-order valence-electron chi connectivity index (χ4n) is 4.74. The molecule has 0 amide bonds. The van der Waals surface area contributed by atoms with Crippen LogP contribution in [0.1, 0.15) is 25.1 Å². The van der Waals surface area contributed by atoms with Crippen LogP contribution < -0.4 is 9.80 Å². The first-order valence-electron chi connectivity index (χ1n) is 11.0. The lowest BCUT2D eigenvalue weighted by Crippen LogP contribution is -2.38. The molecule has 0 radical (unpaired) electrons. The highest BCUT2D eigenvalue weighted by atomic mass is 16.3. The average Bonchev–Trinajstić information content (AvgIpc) is 3.28. The summed E-state index contributed by atoms with van der Waals surface area (Å²) in [5.74, 6) is 0. The number of hydrogen-bond donors (Lipinski definition) is 0. The average molecular weight is 422 g/mol. The summed E-state index contributed by atoms with van der Waals surface area (Å²) in [6, 6.07) is 18.9. The van der Waals surface area contributed by atoms with Gasteiger partial charge in [0.2, 0.25) is 5.71 Å². The van der Waals surface area contributed by atoms with Gasteiger partial charge in [-0.2, -0.15) is 0 Å². The summed E-state index contributed by atoms with van der Waals surface area (Å²) in [6.07, 6.45) is 6.20. The number of allylic oxidation sites excluding steroid dienone is 3. The van der Waals surface area contributed by atoms with Gasteiger partial charge >= 0.3 is 0 Å². The summed E-state index contributed by atoms with van der Waals surface area (Å²) >= 11 is 0. The summed E-state index contributed by atoms with van der Waals surface area (Å²) in [5.41, 5.74) is 8.00. The van der Waals surface area contributed by atoms with Crippen molar-refractivity contribution in [3.63, 3.8) is 0 Å². The van der Waals surface area contributed by atoms with Crippen LogP contribution in [0.4, 0.5) is 11.4 Å². The van der Waals surface area contributed by atoms with Crippen LogP contribution >= 0.6 is 0 Å². The molecule has 4 heteroatoms. The summed E-state index contributed by atoms with van der Waals surface area (Å²) in [6.45, 7) is 12.6. The zero-order chi connectivity index (χ0) is 22.4. The molecule has 160 valence electrons. The second-order valence-electron chi connectivity index (χ2n) is 8.20. The molecular weight excluding hydrogens is 394 g/mol. The third-order valence-electron chi connectivity index (χ3n) is 6.14. The second-order valence-corrected chi connectivity index (χ2v) is 8.20. The molecule has 0 saturated carbocycles. The van der Waals surface area contributed by atoms with Gasteiger partial charge in [0.1, 0.15) is 6.17 Å². The number of benzene rings is 2. The molecule has 0 saturated heterocycles. The molecule has 3 heterocycles. The fourth-order valence-corrected chi connectivity index (χ4v) is 4.74. The predicted octanol–water partition coefficient (Wildman–Crippen LogP) is 7.24. The first kappa shape index (κ1) is 20.1. The quantitative estimate of drug-likeness (QED) is 0.347. The zero-order valence-electron chi connectivity index (χ0n) is 19.0. The Morgan fingerprint density at radius 1 is 0.938 bits per heavy atom. The van der Waals surface area contributed by atoms with Crippen LogP contribution in [0.25, 0.3) is 22.1 Å². The van der Waals surface area contributed by atoms with Crippen LogP contribution in [0.3, 0.4) is 0 Å². The summed E-state index contributed by atoms with van der Waals surface area (Å²) in [5, 5.41) is 2.12. The fraction of sp³-hybridized carbons (Fsp3) is 0.179. The topological polar surface area (TPSA) is 32.5 Å². The third-order valence-corrected chi connectivity index (χ3v) is 6.14. The van der Waals surface area contributed by atoms with Crippen molar-refractivity contribution in [1.29, 1.82) is 0 Å². The number of aromatic nitrogens is 1. The Hall–Kier alpha value is -3.79. The zero-order valence-corrected chi connectivity index (χ0v) is 19.0. The van der Waals surface area contributed by atoms with E-state index in [4.69, 9.17) is 4.42 Å². The molecule has 5 rings (SSSR count). The van der Waals surface area contributed by atoms with Crippen molar-refractivity contribution < 1.29 is 4.42 Å². The maximum Gasteiger partial charge on any atom is 0.227 e. The summed E-state index contributed by atoms with van der Waals surface area (Å²) in [4.78, 5) is 9.32. The molecule has 1 aliphatic rings. The Morgan fingerprint density at radius 3 is 2.41 bits per heavy atom. The smallest absolute Gasteiger partial charge is 0.227 e. The molecule has 0 N–H and O–H groups in total. The van der Waals surface area contributed by atoms with E-state index in [2.05, 4.69) is 89.8 Å². The lowest BCUT2D eigenvalue weighted by Gasteiger charge is -2.32. The maximum absolute atomic E-state index is 6.39. The lowest BCUT2D eigenvalue weighted by atomic mass is 10.1. The Labute approximate surface area is 188 Å². The predicted molar refractivity (Wildman–Crippen MR) is 134 cm³/mol. The highest BCUT2D eigenvalue weighted by Gasteiger charge is 2.37. The van der Waals surface area contributed by atoms with Crippen LogP contribution in [0.5, 0.6) is 0 Å². The molecule has 0 fully saturated rings. The Kier molecular flexibility index (Phi) is 4.86. The van der Waals surface area contributed by atoms with Gasteiger partial charge in [-0.05, 0) is 69.7 Å². The molecule has 0 spiro atoms. The molecule has 1 atom stereocenters. The van der Waals surface area contributed by atoms with Crippen molar-refractivity contribution >= 4 is 33.4 Å². The minimum Gasteiger partial charge on any atom is -0.435 e. The van der Waals surface area contributed by atoms with Crippen LogP contribution in [-0.2, 0) is 0 Å². The van der Waals surface area contributed by atoms with Crippen LogP contribution in [-0.4, -0.2) is 11.1 Å². The Bertz CT molecular complexity index is 1390. The molecule has 0 aliphatic carbocycles. The maximum atomic E-state index is 6.39. The van der Waals surface area contributed by atoms with E-state index in [1.54, 1.807) is 0 Å². The molecule has 4 aromatic rings. The van der Waals surface area contributed by atoms with Gasteiger partial charge in [0.15, 0.2) is 5.58 Å². The van der Waals surface area contributed by atoms with Crippen LogP contribution in [0, 0.1) is 13.8 Å². The molecule has 0 unspecified atom stereocenters. The highest BCUT2D eigenvalue weighted by molar-refractivity contribution is 6.09. The van der Waals surface area contributed by atoms with Crippen molar-refractivity contribution in [2.24, 2.45) is 0 Å². The number of anilines is 2. The minimum atomic E-state index is 0.0313. The van der Waals surface area contributed by atoms with Gasteiger partial charge in [-0.25, -0.2) is 4.98 Å². The van der Waals surface area contributed by atoms with Gasteiger partial charge < -0.3 is 14.2 Å². The van der Waals surface area contributed by atoms with E-state index in [0.717, 1.165) is 50.4 Å². The van der Waals surface area contributed by atoms with Gasteiger partial charge in [0.05, 0.1) is 17.1 Å². The van der Waals surface area contributed by atoms with E-state index in [0.29, 0.717) is 5.71 Å². The SMILES string of the molecule is C=CC1=C(/C=C\C)N(c2ccccc2)[C@H](C)N1c1c(C)ccc2c1oc1nc(C)ccc12. The second kappa shape index (κ2) is 7.72. The molecule has 32 heavy (non-hydrogen) atoms.